The first-order chi connectivity index (χ1) is 15.5. The first-order valence-corrected chi connectivity index (χ1v) is 12.7. The lowest BCUT2D eigenvalue weighted by molar-refractivity contribution is -0.116. The van der Waals surface area contributed by atoms with Crippen LogP contribution in [-0.4, -0.2) is 44.4 Å². The van der Waals surface area contributed by atoms with Crippen molar-refractivity contribution in [3.8, 4) is 11.5 Å². The summed E-state index contributed by atoms with van der Waals surface area (Å²) in [5, 5.41) is 2.82. The Morgan fingerprint density at radius 2 is 1.62 bits per heavy atom. The molecule has 2 aromatic carbocycles. The summed E-state index contributed by atoms with van der Waals surface area (Å²) in [5.41, 5.74) is 0.529. The van der Waals surface area contributed by atoms with E-state index >= 15 is 0 Å². The maximum Gasteiger partial charge on any atom is 0.243 e. The van der Waals surface area contributed by atoms with Gasteiger partial charge in [0, 0.05) is 6.04 Å². The number of carbonyl (C=O) groups excluding carboxylic acids is 1. The molecule has 1 aliphatic carbocycles. The Balaban J connectivity index is 1.83. The van der Waals surface area contributed by atoms with Crippen LogP contribution in [0, 0.1) is 0 Å². The van der Waals surface area contributed by atoms with Gasteiger partial charge >= 0.3 is 0 Å². The van der Waals surface area contributed by atoms with Crippen LogP contribution in [0.15, 0.2) is 53.4 Å². The zero-order chi connectivity index (χ0) is 23.0. The lowest BCUT2D eigenvalue weighted by atomic mass is 9.95. The average molecular weight is 461 g/mol. The van der Waals surface area contributed by atoms with Gasteiger partial charge in [-0.05, 0) is 63.1 Å². The minimum Gasteiger partial charge on any atom is -0.494 e. The average Bonchev–Trinajstić information content (AvgIpc) is 2.80. The number of hydrogen-bond donors (Lipinski definition) is 1. The summed E-state index contributed by atoms with van der Waals surface area (Å²) in [6.45, 7) is 4.46. The Morgan fingerprint density at radius 1 is 0.969 bits per heavy atom. The molecule has 0 saturated heterocycles. The van der Waals surface area contributed by atoms with Crippen LogP contribution in [0.25, 0.3) is 0 Å². The van der Waals surface area contributed by atoms with E-state index < -0.39 is 15.9 Å². The van der Waals surface area contributed by atoms with Crippen molar-refractivity contribution in [2.24, 2.45) is 0 Å². The topological polar surface area (TPSA) is 84.9 Å². The predicted octanol–water partition coefficient (Wildman–Crippen LogP) is 4.45. The summed E-state index contributed by atoms with van der Waals surface area (Å²) in [4.78, 5) is 13.1. The second-order valence-corrected chi connectivity index (χ2v) is 9.61. The van der Waals surface area contributed by atoms with Gasteiger partial charge in [-0.15, -0.1) is 0 Å². The molecule has 1 fully saturated rings. The van der Waals surface area contributed by atoms with Crippen LogP contribution in [0.3, 0.4) is 0 Å². The van der Waals surface area contributed by atoms with Gasteiger partial charge < -0.3 is 14.8 Å². The van der Waals surface area contributed by atoms with E-state index in [1.165, 1.54) is 4.31 Å². The number of ether oxygens (including phenoxy) is 2. The number of hydrogen-bond acceptors (Lipinski definition) is 5. The summed E-state index contributed by atoms with van der Waals surface area (Å²) in [5.74, 6) is 0.778. The molecule has 32 heavy (non-hydrogen) atoms. The van der Waals surface area contributed by atoms with Gasteiger partial charge in [-0.3, -0.25) is 4.79 Å². The summed E-state index contributed by atoms with van der Waals surface area (Å²) in [7, 11) is -3.85. The summed E-state index contributed by atoms with van der Waals surface area (Å²) < 4.78 is 39.4. The maximum atomic E-state index is 13.5. The third kappa shape index (κ3) is 6.01. The predicted molar refractivity (Wildman–Crippen MR) is 125 cm³/mol. The van der Waals surface area contributed by atoms with Crippen LogP contribution in [0.1, 0.15) is 46.0 Å². The molecule has 1 aliphatic rings. The molecule has 7 nitrogen and oxygen atoms in total. The Hall–Kier alpha value is -2.58. The molecule has 0 aliphatic heterocycles. The summed E-state index contributed by atoms with van der Waals surface area (Å²) in [6, 6.07) is 13.3. The Labute approximate surface area is 190 Å². The van der Waals surface area contributed by atoms with Crippen molar-refractivity contribution in [3.63, 3.8) is 0 Å². The fourth-order valence-electron chi connectivity index (χ4n) is 3.97. The van der Waals surface area contributed by atoms with Gasteiger partial charge in [0.2, 0.25) is 15.9 Å². The number of benzene rings is 2. The molecule has 1 saturated carbocycles. The van der Waals surface area contributed by atoms with Gasteiger partial charge in [0.25, 0.3) is 0 Å². The van der Waals surface area contributed by atoms with Crippen molar-refractivity contribution in [3.05, 3.63) is 48.5 Å². The lowest BCUT2D eigenvalue weighted by Crippen LogP contribution is -2.45. The third-order valence-electron chi connectivity index (χ3n) is 5.48. The van der Waals surface area contributed by atoms with Crippen molar-refractivity contribution in [2.45, 2.75) is 56.9 Å². The molecule has 0 heterocycles. The zero-order valence-corrected chi connectivity index (χ0v) is 19.6. The summed E-state index contributed by atoms with van der Waals surface area (Å²) in [6.07, 6.45) is 4.49. The fraction of sp³-hybridized carbons (Fsp3) is 0.458. The highest BCUT2D eigenvalue weighted by atomic mass is 32.2. The van der Waals surface area contributed by atoms with Crippen LogP contribution < -0.4 is 14.8 Å². The SMILES string of the molecule is CCOc1ccc(S(=O)(=O)N(CC(=O)Nc2ccccc2OCC)C2CCCCC2)cc1. The standard InChI is InChI=1S/C24H32N2O5S/c1-3-30-20-14-16-21(17-15-20)32(28,29)26(19-10-6-5-7-11-19)18-24(27)25-22-12-8-9-13-23(22)31-4-2/h8-9,12-17,19H,3-7,10-11,18H2,1-2H3,(H,25,27). The lowest BCUT2D eigenvalue weighted by Gasteiger charge is -2.33. The van der Waals surface area contributed by atoms with Crippen LogP contribution in [0.5, 0.6) is 11.5 Å². The van der Waals surface area contributed by atoms with Gasteiger partial charge in [0.1, 0.15) is 11.5 Å². The molecular formula is C24H32N2O5S. The number of para-hydroxylation sites is 2. The number of carbonyl (C=O) groups is 1. The van der Waals surface area contributed by atoms with Crippen molar-refractivity contribution >= 4 is 21.6 Å². The molecule has 3 rings (SSSR count). The van der Waals surface area contributed by atoms with E-state index in [9.17, 15) is 13.2 Å². The largest absolute Gasteiger partial charge is 0.494 e. The van der Waals surface area contributed by atoms with Crippen molar-refractivity contribution < 1.29 is 22.7 Å². The molecule has 0 spiro atoms. The monoisotopic (exact) mass is 460 g/mol. The molecule has 0 unspecified atom stereocenters. The van der Waals surface area contributed by atoms with E-state index in [-0.39, 0.29) is 17.5 Å². The van der Waals surface area contributed by atoms with Crippen molar-refractivity contribution in [1.82, 2.24) is 4.31 Å². The van der Waals surface area contributed by atoms with E-state index in [2.05, 4.69) is 5.32 Å². The molecule has 0 atom stereocenters. The van der Waals surface area contributed by atoms with Gasteiger partial charge in [0.05, 0.1) is 30.3 Å². The third-order valence-corrected chi connectivity index (χ3v) is 7.40. The number of nitrogens with zero attached hydrogens (tertiary/aromatic N) is 1. The molecule has 1 amide bonds. The Morgan fingerprint density at radius 3 is 2.28 bits per heavy atom. The molecule has 0 aromatic heterocycles. The fourth-order valence-corrected chi connectivity index (χ4v) is 5.61. The smallest absolute Gasteiger partial charge is 0.243 e. The molecule has 0 bridgehead atoms. The number of nitrogens with one attached hydrogen (secondary N) is 1. The minimum atomic E-state index is -3.85. The van der Waals surface area contributed by atoms with Gasteiger partial charge in [-0.1, -0.05) is 31.4 Å². The van der Waals surface area contributed by atoms with E-state index in [1.54, 1.807) is 42.5 Å². The highest BCUT2D eigenvalue weighted by Crippen LogP contribution is 2.29. The second kappa shape index (κ2) is 11.3. The van der Waals surface area contributed by atoms with Crippen LogP contribution in [0.4, 0.5) is 5.69 Å². The van der Waals surface area contributed by atoms with Crippen molar-refractivity contribution in [1.29, 1.82) is 0 Å². The first-order valence-electron chi connectivity index (χ1n) is 11.2. The van der Waals surface area contributed by atoms with E-state index in [0.29, 0.717) is 30.4 Å². The molecule has 0 radical (unpaired) electrons. The van der Waals surface area contributed by atoms with Gasteiger partial charge in [0.15, 0.2) is 0 Å². The minimum absolute atomic E-state index is 0.161. The van der Waals surface area contributed by atoms with Gasteiger partial charge in [-0.25, -0.2) is 8.42 Å². The summed E-state index contributed by atoms with van der Waals surface area (Å²) >= 11 is 0. The van der Waals surface area contributed by atoms with E-state index in [4.69, 9.17) is 9.47 Å². The molecule has 174 valence electrons. The van der Waals surface area contributed by atoms with E-state index in [0.717, 1.165) is 32.1 Å². The first kappa shape index (κ1) is 24.1. The number of anilines is 1. The van der Waals surface area contributed by atoms with Crippen LogP contribution >= 0.6 is 0 Å². The molecule has 2 aromatic rings. The molecule has 8 heteroatoms. The number of rotatable bonds is 10. The Kier molecular flexibility index (Phi) is 8.53. The van der Waals surface area contributed by atoms with Gasteiger partial charge in [-0.2, -0.15) is 4.31 Å². The van der Waals surface area contributed by atoms with E-state index in [1.807, 2.05) is 19.9 Å². The second-order valence-electron chi connectivity index (χ2n) is 7.72. The molecule has 1 N–H and O–H groups in total. The van der Waals surface area contributed by atoms with Crippen molar-refractivity contribution in [2.75, 3.05) is 25.1 Å². The molecular weight excluding hydrogens is 428 g/mol. The zero-order valence-electron chi connectivity index (χ0n) is 18.7. The number of sulfonamides is 1. The quantitative estimate of drug-likeness (QED) is 0.566. The number of amides is 1. The van der Waals surface area contributed by atoms with Crippen LogP contribution in [-0.2, 0) is 14.8 Å². The highest BCUT2D eigenvalue weighted by Gasteiger charge is 2.34. The highest BCUT2D eigenvalue weighted by molar-refractivity contribution is 7.89. The van der Waals surface area contributed by atoms with Crippen LogP contribution in [0.2, 0.25) is 0 Å². The normalized spacial score (nSPS) is 14.8. The Bertz CT molecular complexity index is 986. The maximum absolute atomic E-state index is 13.5.